The van der Waals surface area contributed by atoms with Gasteiger partial charge in [-0.15, -0.1) is 0 Å². The highest BCUT2D eigenvalue weighted by atomic mass is 16.5. The molecular formula is C15H25NO. The van der Waals surface area contributed by atoms with Crippen molar-refractivity contribution in [3.8, 4) is 5.75 Å². The molecule has 2 heteroatoms. The number of hydrogen-bond acceptors (Lipinski definition) is 2. The van der Waals surface area contributed by atoms with Gasteiger partial charge in [-0.25, -0.2) is 0 Å². The van der Waals surface area contributed by atoms with Gasteiger partial charge in [0, 0.05) is 12.1 Å². The van der Waals surface area contributed by atoms with Crippen molar-refractivity contribution in [1.29, 1.82) is 0 Å². The van der Waals surface area contributed by atoms with Crippen molar-refractivity contribution in [3.63, 3.8) is 0 Å². The Morgan fingerprint density at radius 2 is 1.88 bits per heavy atom. The van der Waals surface area contributed by atoms with Crippen molar-refractivity contribution < 1.29 is 4.74 Å². The molecule has 2 atom stereocenters. The van der Waals surface area contributed by atoms with Crippen LogP contribution in [0.3, 0.4) is 0 Å². The number of benzene rings is 1. The van der Waals surface area contributed by atoms with Gasteiger partial charge in [0.25, 0.3) is 0 Å². The zero-order valence-electron chi connectivity index (χ0n) is 11.7. The standard InChI is InChI=1S/C15H25NO/c1-6-12(4)16-13(5)14-8-7-9-15(10-14)17-11(2)3/h7-13,16H,6H2,1-5H3. The molecule has 0 amide bonds. The van der Waals surface area contributed by atoms with E-state index in [0.29, 0.717) is 12.1 Å². The zero-order valence-corrected chi connectivity index (χ0v) is 11.7. The number of rotatable bonds is 6. The van der Waals surface area contributed by atoms with Gasteiger partial charge in [0.15, 0.2) is 0 Å². The summed E-state index contributed by atoms with van der Waals surface area (Å²) in [6.45, 7) is 10.7. The fraction of sp³-hybridized carbons (Fsp3) is 0.600. The number of ether oxygens (including phenoxy) is 1. The van der Waals surface area contributed by atoms with Crippen LogP contribution >= 0.6 is 0 Å². The second-order valence-electron chi connectivity index (χ2n) is 4.94. The molecule has 0 aliphatic carbocycles. The molecule has 2 unspecified atom stereocenters. The van der Waals surface area contributed by atoms with E-state index >= 15 is 0 Å². The van der Waals surface area contributed by atoms with E-state index in [-0.39, 0.29) is 6.10 Å². The Morgan fingerprint density at radius 1 is 1.18 bits per heavy atom. The van der Waals surface area contributed by atoms with Crippen LogP contribution in [0.25, 0.3) is 0 Å². The van der Waals surface area contributed by atoms with Crippen LogP contribution in [0.5, 0.6) is 5.75 Å². The molecule has 0 spiro atoms. The van der Waals surface area contributed by atoms with E-state index in [1.807, 2.05) is 19.9 Å². The van der Waals surface area contributed by atoms with Crippen molar-refractivity contribution in [2.45, 2.75) is 59.2 Å². The molecule has 0 bridgehead atoms. The molecule has 1 rings (SSSR count). The summed E-state index contributed by atoms with van der Waals surface area (Å²) in [5, 5.41) is 3.57. The zero-order chi connectivity index (χ0) is 12.8. The summed E-state index contributed by atoms with van der Waals surface area (Å²) in [6, 6.07) is 9.24. The van der Waals surface area contributed by atoms with E-state index in [1.54, 1.807) is 0 Å². The highest BCUT2D eigenvalue weighted by Crippen LogP contribution is 2.20. The Balaban J connectivity index is 2.70. The molecule has 0 heterocycles. The molecule has 2 nitrogen and oxygen atoms in total. The molecule has 1 N–H and O–H groups in total. The molecule has 0 saturated carbocycles. The average Bonchev–Trinajstić information content (AvgIpc) is 2.28. The summed E-state index contributed by atoms with van der Waals surface area (Å²) in [4.78, 5) is 0. The highest BCUT2D eigenvalue weighted by Gasteiger charge is 2.09. The molecule has 0 aromatic heterocycles. The Morgan fingerprint density at radius 3 is 2.47 bits per heavy atom. The molecule has 0 radical (unpaired) electrons. The van der Waals surface area contributed by atoms with Crippen LogP contribution in [0.15, 0.2) is 24.3 Å². The lowest BCUT2D eigenvalue weighted by atomic mass is 10.1. The molecule has 0 fully saturated rings. The third kappa shape index (κ3) is 4.78. The lowest BCUT2D eigenvalue weighted by Gasteiger charge is -2.20. The second kappa shape index (κ2) is 6.65. The average molecular weight is 235 g/mol. The van der Waals surface area contributed by atoms with Gasteiger partial charge in [-0.1, -0.05) is 19.1 Å². The van der Waals surface area contributed by atoms with Crippen LogP contribution in [0.2, 0.25) is 0 Å². The minimum absolute atomic E-state index is 0.225. The minimum atomic E-state index is 0.225. The molecule has 0 aliphatic rings. The topological polar surface area (TPSA) is 21.3 Å². The smallest absolute Gasteiger partial charge is 0.120 e. The first-order valence-electron chi connectivity index (χ1n) is 6.55. The Hall–Kier alpha value is -1.02. The van der Waals surface area contributed by atoms with Gasteiger partial charge in [0.1, 0.15) is 5.75 Å². The fourth-order valence-electron chi connectivity index (χ4n) is 1.77. The van der Waals surface area contributed by atoms with Gasteiger partial charge in [0.2, 0.25) is 0 Å². The van der Waals surface area contributed by atoms with Gasteiger partial charge < -0.3 is 10.1 Å². The molecule has 1 aromatic rings. The van der Waals surface area contributed by atoms with E-state index in [9.17, 15) is 0 Å². The van der Waals surface area contributed by atoms with Crippen molar-refractivity contribution in [1.82, 2.24) is 5.32 Å². The minimum Gasteiger partial charge on any atom is -0.491 e. The lowest BCUT2D eigenvalue weighted by molar-refractivity contribution is 0.242. The van der Waals surface area contributed by atoms with Crippen molar-refractivity contribution in [2.24, 2.45) is 0 Å². The normalized spacial score (nSPS) is 14.7. The van der Waals surface area contributed by atoms with Crippen molar-refractivity contribution in [2.75, 3.05) is 0 Å². The predicted molar refractivity (Wildman–Crippen MR) is 73.5 cm³/mol. The second-order valence-corrected chi connectivity index (χ2v) is 4.94. The van der Waals surface area contributed by atoms with Crippen molar-refractivity contribution >= 4 is 0 Å². The first-order chi connectivity index (χ1) is 8.02. The maximum absolute atomic E-state index is 5.71. The van der Waals surface area contributed by atoms with E-state index in [1.165, 1.54) is 5.56 Å². The molecule has 0 aliphatic heterocycles. The van der Waals surface area contributed by atoms with Crippen LogP contribution in [-0.4, -0.2) is 12.1 Å². The van der Waals surface area contributed by atoms with E-state index < -0.39 is 0 Å². The van der Waals surface area contributed by atoms with Gasteiger partial charge in [-0.2, -0.15) is 0 Å². The van der Waals surface area contributed by atoms with Gasteiger partial charge >= 0.3 is 0 Å². The summed E-state index contributed by atoms with van der Waals surface area (Å²) in [6.07, 6.45) is 1.37. The SMILES string of the molecule is CCC(C)NC(C)c1cccc(OC(C)C)c1. The Kier molecular flexibility index (Phi) is 5.49. The van der Waals surface area contributed by atoms with E-state index in [4.69, 9.17) is 4.74 Å². The number of hydrogen-bond donors (Lipinski definition) is 1. The summed E-state index contributed by atoms with van der Waals surface area (Å²) in [7, 11) is 0. The third-order valence-electron chi connectivity index (χ3n) is 2.88. The summed E-state index contributed by atoms with van der Waals surface area (Å²) in [5.74, 6) is 0.954. The van der Waals surface area contributed by atoms with Crippen molar-refractivity contribution in [3.05, 3.63) is 29.8 Å². The maximum Gasteiger partial charge on any atom is 0.120 e. The predicted octanol–water partition coefficient (Wildman–Crippen LogP) is 3.92. The molecular weight excluding hydrogens is 210 g/mol. The van der Waals surface area contributed by atoms with Crippen LogP contribution < -0.4 is 10.1 Å². The van der Waals surface area contributed by atoms with Gasteiger partial charge in [0.05, 0.1) is 6.10 Å². The quantitative estimate of drug-likeness (QED) is 0.807. The molecule has 1 aromatic carbocycles. The Labute approximate surface area is 105 Å². The third-order valence-corrected chi connectivity index (χ3v) is 2.88. The fourth-order valence-corrected chi connectivity index (χ4v) is 1.77. The molecule has 0 saturated heterocycles. The Bertz CT molecular complexity index is 335. The highest BCUT2D eigenvalue weighted by molar-refractivity contribution is 5.30. The summed E-state index contributed by atoms with van der Waals surface area (Å²) < 4.78 is 5.71. The lowest BCUT2D eigenvalue weighted by Crippen LogP contribution is -2.28. The van der Waals surface area contributed by atoms with Crippen LogP contribution in [0.1, 0.15) is 52.6 Å². The van der Waals surface area contributed by atoms with Crippen LogP contribution in [-0.2, 0) is 0 Å². The molecule has 17 heavy (non-hydrogen) atoms. The molecule has 96 valence electrons. The summed E-state index contributed by atoms with van der Waals surface area (Å²) in [5.41, 5.74) is 1.28. The first-order valence-corrected chi connectivity index (χ1v) is 6.55. The van der Waals surface area contributed by atoms with Crippen LogP contribution in [0.4, 0.5) is 0 Å². The van der Waals surface area contributed by atoms with E-state index in [2.05, 4.69) is 44.3 Å². The first kappa shape index (κ1) is 14.0. The maximum atomic E-state index is 5.71. The van der Waals surface area contributed by atoms with Gasteiger partial charge in [-0.3, -0.25) is 0 Å². The van der Waals surface area contributed by atoms with E-state index in [0.717, 1.165) is 12.2 Å². The monoisotopic (exact) mass is 235 g/mol. The van der Waals surface area contributed by atoms with Gasteiger partial charge in [-0.05, 0) is 51.8 Å². The van der Waals surface area contributed by atoms with Crippen LogP contribution in [0, 0.1) is 0 Å². The summed E-state index contributed by atoms with van der Waals surface area (Å²) >= 11 is 0. The largest absolute Gasteiger partial charge is 0.491 e. The number of nitrogens with one attached hydrogen (secondary N) is 1.